The Balaban J connectivity index is 1.84. The summed E-state index contributed by atoms with van der Waals surface area (Å²) in [4.78, 5) is 14.0. The van der Waals surface area contributed by atoms with E-state index >= 15 is 0 Å². The van der Waals surface area contributed by atoms with Gasteiger partial charge >= 0.3 is 0 Å². The second kappa shape index (κ2) is 6.10. The molecule has 2 aromatic heterocycles. The van der Waals surface area contributed by atoms with Gasteiger partial charge in [0.2, 0.25) is 0 Å². The molecule has 0 N–H and O–H groups in total. The molecule has 0 spiro atoms. The van der Waals surface area contributed by atoms with E-state index in [0.29, 0.717) is 5.82 Å². The van der Waals surface area contributed by atoms with Crippen molar-refractivity contribution in [3.05, 3.63) is 77.5 Å². The molecule has 0 aliphatic rings. The number of pyridine rings is 1. The first-order valence-electron chi connectivity index (χ1n) is 8.39. The predicted molar refractivity (Wildman–Crippen MR) is 102 cm³/mol. The van der Waals surface area contributed by atoms with Gasteiger partial charge in [-0.1, -0.05) is 36.4 Å². The standard InChI is InChI=1S/C22H19N3/c1-14-8-10-17(12-16(14)3)21-15(2)9-11-20(24-21)22-23-13-18-6-4-5-7-19(18)25-22/h4-13H,1-3H3. The minimum atomic E-state index is 0.656. The summed E-state index contributed by atoms with van der Waals surface area (Å²) in [6, 6.07) is 18.5. The maximum absolute atomic E-state index is 4.87. The van der Waals surface area contributed by atoms with Crippen LogP contribution in [0.1, 0.15) is 16.7 Å². The van der Waals surface area contributed by atoms with Gasteiger partial charge in [-0.3, -0.25) is 0 Å². The van der Waals surface area contributed by atoms with Gasteiger partial charge in [-0.25, -0.2) is 15.0 Å². The third-order valence-corrected chi connectivity index (χ3v) is 4.60. The highest BCUT2D eigenvalue weighted by Gasteiger charge is 2.10. The highest BCUT2D eigenvalue weighted by molar-refractivity contribution is 5.79. The van der Waals surface area contributed by atoms with Crippen molar-refractivity contribution in [1.82, 2.24) is 15.0 Å². The summed E-state index contributed by atoms with van der Waals surface area (Å²) in [6.07, 6.45) is 1.86. The van der Waals surface area contributed by atoms with Crippen LogP contribution in [0, 0.1) is 20.8 Å². The molecule has 0 radical (unpaired) electrons. The number of hydrogen-bond acceptors (Lipinski definition) is 3. The third kappa shape index (κ3) is 2.89. The number of rotatable bonds is 2. The molecule has 0 bridgehead atoms. The van der Waals surface area contributed by atoms with Crippen molar-refractivity contribution < 1.29 is 0 Å². The molecular formula is C22H19N3. The van der Waals surface area contributed by atoms with E-state index in [1.54, 1.807) is 0 Å². The largest absolute Gasteiger partial charge is 0.244 e. The van der Waals surface area contributed by atoms with Gasteiger partial charge in [-0.15, -0.1) is 0 Å². The second-order valence-corrected chi connectivity index (χ2v) is 6.41. The molecule has 2 aromatic carbocycles. The first-order chi connectivity index (χ1) is 12.1. The van der Waals surface area contributed by atoms with Crippen LogP contribution in [-0.4, -0.2) is 15.0 Å². The Bertz CT molecular complexity index is 1080. The summed E-state index contributed by atoms with van der Waals surface area (Å²) in [5.41, 5.74) is 7.54. The molecule has 0 saturated heterocycles. The summed E-state index contributed by atoms with van der Waals surface area (Å²) < 4.78 is 0. The molecule has 3 heteroatoms. The van der Waals surface area contributed by atoms with Crippen LogP contribution < -0.4 is 0 Å². The number of aromatic nitrogens is 3. The molecular weight excluding hydrogens is 306 g/mol. The Morgan fingerprint density at radius 2 is 1.52 bits per heavy atom. The average Bonchev–Trinajstić information content (AvgIpc) is 2.64. The molecule has 4 rings (SSSR count). The lowest BCUT2D eigenvalue weighted by Crippen LogP contribution is -1.96. The van der Waals surface area contributed by atoms with E-state index in [-0.39, 0.29) is 0 Å². The quantitative estimate of drug-likeness (QED) is 0.503. The Hall–Kier alpha value is -3.07. The van der Waals surface area contributed by atoms with Crippen molar-refractivity contribution in [3.63, 3.8) is 0 Å². The second-order valence-electron chi connectivity index (χ2n) is 6.41. The molecule has 0 atom stereocenters. The molecule has 3 nitrogen and oxygen atoms in total. The van der Waals surface area contributed by atoms with Crippen LogP contribution in [0.5, 0.6) is 0 Å². The molecule has 0 unspecified atom stereocenters. The van der Waals surface area contributed by atoms with Gasteiger partial charge in [0.1, 0.15) is 5.69 Å². The van der Waals surface area contributed by atoms with Crippen LogP contribution in [0.4, 0.5) is 0 Å². The molecule has 0 saturated carbocycles. The van der Waals surface area contributed by atoms with E-state index in [4.69, 9.17) is 4.98 Å². The number of hydrogen-bond donors (Lipinski definition) is 0. The maximum atomic E-state index is 4.87. The Morgan fingerprint density at radius 3 is 2.36 bits per heavy atom. The van der Waals surface area contributed by atoms with Gasteiger partial charge in [-0.2, -0.15) is 0 Å². The fourth-order valence-corrected chi connectivity index (χ4v) is 2.93. The zero-order valence-corrected chi connectivity index (χ0v) is 14.6. The van der Waals surface area contributed by atoms with E-state index in [1.807, 2.05) is 36.5 Å². The smallest absolute Gasteiger partial charge is 0.178 e. The SMILES string of the molecule is Cc1ccc(-c2nc(-c3ncc4ccccc4n3)ccc2C)cc1C. The van der Waals surface area contributed by atoms with E-state index in [0.717, 1.165) is 33.4 Å². The van der Waals surface area contributed by atoms with Crippen LogP contribution in [0.15, 0.2) is 60.8 Å². The summed E-state index contributed by atoms with van der Waals surface area (Å²) in [5, 5.41) is 1.03. The van der Waals surface area contributed by atoms with Gasteiger partial charge in [0, 0.05) is 17.1 Å². The number of nitrogens with zero attached hydrogens (tertiary/aromatic N) is 3. The summed E-state index contributed by atoms with van der Waals surface area (Å²) in [7, 11) is 0. The van der Waals surface area contributed by atoms with E-state index in [1.165, 1.54) is 11.1 Å². The number of aryl methyl sites for hydroxylation is 3. The van der Waals surface area contributed by atoms with Crippen LogP contribution in [0.2, 0.25) is 0 Å². The number of benzene rings is 2. The molecule has 0 aliphatic heterocycles. The van der Waals surface area contributed by atoms with Crippen molar-refractivity contribution >= 4 is 10.9 Å². The van der Waals surface area contributed by atoms with Crippen LogP contribution in [0.3, 0.4) is 0 Å². The lowest BCUT2D eigenvalue weighted by Gasteiger charge is -2.10. The van der Waals surface area contributed by atoms with Crippen LogP contribution >= 0.6 is 0 Å². The van der Waals surface area contributed by atoms with E-state index in [9.17, 15) is 0 Å². The molecule has 4 aromatic rings. The minimum absolute atomic E-state index is 0.656. The predicted octanol–water partition coefficient (Wildman–Crippen LogP) is 5.28. The van der Waals surface area contributed by atoms with E-state index in [2.05, 4.69) is 55.0 Å². The first kappa shape index (κ1) is 15.5. The Morgan fingerprint density at radius 1 is 0.720 bits per heavy atom. The van der Waals surface area contributed by atoms with Crippen molar-refractivity contribution in [2.45, 2.75) is 20.8 Å². The number of fused-ring (bicyclic) bond motifs is 1. The van der Waals surface area contributed by atoms with Crippen molar-refractivity contribution in [1.29, 1.82) is 0 Å². The normalized spacial score (nSPS) is 11.0. The maximum Gasteiger partial charge on any atom is 0.178 e. The zero-order valence-electron chi connectivity index (χ0n) is 14.6. The molecule has 0 aliphatic carbocycles. The van der Waals surface area contributed by atoms with Crippen molar-refractivity contribution in [3.8, 4) is 22.8 Å². The monoisotopic (exact) mass is 325 g/mol. The number of para-hydroxylation sites is 1. The summed E-state index contributed by atoms with van der Waals surface area (Å²) in [6.45, 7) is 6.34. The summed E-state index contributed by atoms with van der Waals surface area (Å²) in [5.74, 6) is 0.656. The van der Waals surface area contributed by atoms with Gasteiger partial charge in [0.25, 0.3) is 0 Å². The fraction of sp³-hybridized carbons (Fsp3) is 0.136. The Kier molecular flexibility index (Phi) is 3.77. The summed E-state index contributed by atoms with van der Waals surface area (Å²) >= 11 is 0. The third-order valence-electron chi connectivity index (χ3n) is 4.60. The lowest BCUT2D eigenvalue weighted by molar-refractivity contribution is 1.16. The Labute approximate surface area is 147 Å². The topological polar surface area (TPSA) is 38.7 Å². The van der Waals surface area contributed by atoms with Crippen molar-refractivity contribution in [2.75, 3.05) is 0 Å². The van der Waals surface area contributed by atoms with Crippen molar-refractivity contribution in [2.24, 2.45) is 0 Å². The van der Waals surface area contributed by atoms with Gasteiger partial charge < -0.3 is 0 Å². The van der Waals surface area contributed by atoms with E-state index < -0.39 is 0 Å². The zero-order chi connectivity index (χ0) is 17.4. The molecule has 2 heterocycles. The molecule has 0 amide bonds. The fourth-order valence-electron chi connectivity index (χ4n) is 2.93. The molecule has 122 valence electrons. The minimum Gasteiger partial charge on any atom is -0.244 e. The van der Waals surface area contributed by atoms with Crippen LogP contribution in [0.25, 0.3) is 33.7 Å². The lowest BCUT2D eigenvalue weighted by atomic mass is 10.0. The average molecular weight is 325 g/mol. The highest BCUT2D eigenvalue weighted by Crippen LogP contribution is 2.26. The highest BCUT2D eigenvalue weighted by atomic mass is 14.9. The first-order valence-corrected chi connectivity index (χ1v) is 8.39. The molecule has 25 heavy (non-hydrogen) atoms. The van der Waals surface area contributed by atoms with Gasteiger partial charge in [0.05, 0.1) is 11.2 Å². The van der Waals surface area contributed by atoms with Gasteiger partial charge in [-0.05, 0) is 55.7 Å². The van der Waals surface area contributed by atoms with Gasteiger partial charge in [0.15, 0.2) is 5.82 Å². The van der Waals surface area contributed by atoms with Crippen LogP contribution in [-0.2, 0) is 0 Å². The molecule has 0 fully saturated rings.